The van der Waals surface area contributed by atoms with E-state index in [4.69, 9.17) is 9.84 Å². The van der Waals surface area contributed by atoms with Gasteiger partial charge in [0.25, 0.3) is 0 Å². The van der Waals surface area contributed by atoms with Gasteiger partial charge in [0.05, 0.1) is 13.7 Å². The topological polar surface area (TPSA) is 29.5 Å². The van der Waals surface area contributed by atoms with Crippen molar-refractivity contribution in [1.29, 1.82) is 0 Å². The summed E-state index contributed by atoms with van der Waals surface area (Å²) >= 11 is 0. The van der Waals surface area contributed by atoms with E-state index in [0.29, 0.717) is 0 Å². The molecule has 0 fully saturated rings. The minimum Gasteiger partial charge on any atom is -0.496 e. The second-order valence-electron chi connectivity index (χ2n) is 3.13. The van der Waals surface area contributed by atoms with Gasteiger partial charge in [-0.2, -0.15) is 0 Å². The zero-order chi connectivity index (χ0) is 9.97. The zero-order valence-corrected chi connectivity index (χ0v) is 8.03. The van der Waals surface area contributed by atoms with Gasteiger partial charge in [0, 0.05) is 5.39 Å². The van der Waals surface area contributed by atoms with Crippen LogP contribution in [0.4, 0.5) is 0 Å². The Morgan fingerprint density at radius 1 is 1.07 bits per heavy atom. The van der Waals surface area contributed by atoms with Gasteiger partial charge < -0.3 is 9.84 Å². The molecular formula is C12H12O2. The lowest BCUT2D eigenvalue weighted by molar-refractivity contribution is 0.283. The van der Waals surface area contributed by atoms with E-state index in [-0.39, 0.29) is 6.61 Å². The summed E-state index contributed by atoms with van der Waals surface area (Å²) in [5, 5.41) is 11.3. The second-order valence-corrected chi connectivity index (χ2v) is 3.13. The molecule has 0 heterocycles. The lowest BCUT2D eigenvalue weighted by Gasteiger charge is -2.08. The molecule has 1 N–H and O–H groups in total. The van der Waals surface area contributed by atoms with Crippen molar-refractivity contribution >= 4 is 10.8 Å². The van der Waals surface area contributed by atoms with Crippen molar-refractivity contribution in [2.75, 3.05) is 7.11 Å². The van der Waals surface area contributed by atoms with E-state index in [9.17, 15) is 0 Å². The third kappa shape index (κ3) is 1.34. The third-order valence-corrected chi connectivity index (χ3v) is 2.36. The monoisotopic (exact) mass is 188 g/mol. The fourth-order valence-electron chi connectivity index (χ4n) is 1.65. The summed E-state index contributed by atoms with van der Waals surface area (Å²) in [4.78, 5) is 0. The van der Waals surface area contributed by atoms with Crippen LogP contribution in [0.3, 0.4) is 0 Å². The van der Waals surface area contributed by atoms with Gasteiger partial charge in [-0.05, 0) is 17.0 Å². The first kappa shape index (κ1) is 9.03. The normalized spacial score (nSPS) is 10.4. The van der Waals surface area contributed by atoms with E-state index >= 15 is 0 Å². The standard InChI is InChI=1S/C12H12O2/c1-14-12-7-6-9(8-13)10-4-2-3-5-11(10)12/h2-7,13H,8H2,1H3. The van der Waals surface area contributed by atoms with Crippen LogP contribution in [0.5, 0.6) is 5.75 Å². The van der Waals surface area contributed by atoms with Crippen molar-refractivity contribution in [3.8, 4) is 5.75 Å². The summed E-state index contributed by atoms with van der Waals surface area (Å²) in [6.07, 6.45) is 0. The van der Waals surface area contributed by atoms with Crippen LogP contribution in [0.2, 0.25) is 0 Å². The number of aliphatic hydroxyl groups is 1. The highest BCUT2D eigenvalue weighted by atomic mass is 16.5. The zero-order valence-electron chi connectivity index (χ0n) is 8.03. The fraction of sp³-hybridized carbons (Fsp3) is 0.167. The van der Waals surface area contributed by atoms with Crippen LogP contribution in [0.1, 0.15) is 5.56 Å². The highest BCUT2D eigenvalue weighted by molar-refractivity contribution is 5.90. The SMILES string of the molecule is COc1ccc(CO)c2ccccc12. The third-order valence-electron chi connectivity index (χ3n) is 2.36. The van der Waals surface area contributed by atoms with Crippen LogP contribution in [-0.2, 0) is 6.61 Å². The van der Waals surface area contributed by atoms with Crippen molar-refractivity contribution in [2.45, 2.75) is 6.61 Å². The summed E-state index contributed by atoms with van der Waals surface area (Å²) < 4.78 is 5.25. The molecule has 0 aliphatic carbocycles. The number of fused-ring (bicyclic) bond motifs is 1. The summed E-state index contributed by atoms with van der Waals surface area (Å²) in [6.45, 7) is 0.0600. The highest BCUT2D eigenvalue weighted by Gasteiger charge is 2.03. The molecule has 2 aromatic rings. The average Bonchev–Trinajstić information content (AvgIpc) is 2.27. The first-order valence-corrected chi connectivity index (χ1v) is 4.52. The first-order valence-electron chi connectivity index (χ1n) is 4.52. The molecule has 72 valence electrons. The number of hydrogen-bond donors (Lipinski definition) is 1. The van der Waals surface area contributed by atoms with Crippen LogP contribution < -0.4 is 4.74 Å². The van der Waals surface area contributed by atoms with Gasteiger partial charge in [-0.1, -0.05) is 30.3 Å². The van der Waals surface area contributed by atoms with Gasteiger partial charge in [-0.15, -0.1) is 0 Å². The average molecular weight is 188 g/mol. The predicted molar refractivity (Wildman–Crippen MR) is 56.4 cm³/mol. The van der Waals surface area contributed by atoms with Gasteiger partial charge in [0.1, 0.15) is 5.75 Å². The number of benzene rings is 2. The molecule has 0 spiro atoms. The van der Waals surface area contributed by atoms with Crippen molar-refractivity contribution < 1.29 is 9.84 Å². The van der Waals surface area contributed by atoms with Crippen molar-refractivity contribution in [1.82, 2.24) is 0 Å². The van der Waals surface area contributed by atoms with Gasteiger partial charge >= 0.3 is 0 Å². The Balaban J connectivity index is 2.78. The molecule has 0 atom stereocenters. The Hall–Kier alpha value is -1.54. The summed E-state index contributed by atoms with van der Waals surface area (Å²) in [6, 6.07) is 11.7. The number of ether oxygens (including phenoxy) is 1. The number of methoxy groups -OCH3 is 1. The molecular weight excluding hydrogens is 176 g/mol. The number of aliphatic hydroxyl groups excluding tert-OH is 1. The van der Waals surface area contributed by atoms with Crippen LogP contribution in [0.25, 0.3) is 10.8 Å². The van der Waals surface area contributed by atoms with Gasteiger partial charge in [0.2, 0.25) is 0 Å². The molecule has 0 saturated carbocycles. The quantitative estimate of drug-likeness (QED) is 0.783. The van der Waals surface area contributed by atoms with E-state index in [1.165, 1.54) is 0 Å². The molecule has 0 aliphatic rings. The maximum absolute atomic E-state index is 9.16. The molecule has 0 saturated heterocycles. The van der Waals surface area contributed by atoms with E-state index in [1.807, 2.05) is 36.4 Å². The molecule has 2 heteroatoms. The Morgan fingerprint density at radius 3 is 2.43 bits per heavy atom. The van der Waals surface area contributed by atoms with Crippen molar-refractivity contribution in [3.63, 3.8) is 0 Å². The molecule has 0 aromatic heterocycles. The van der Waals surface area contributed by atoms with Gasteiger partial charge in [-0.3, -0.25) is 0 Å². The highest BCUT2D eigenvalue weighted by Crippen LogP contribution is 2.27. The molecule has 0 unspecified atom stereocenters. The van der Waals surface area contributed by atoms with Gasteiger partial charge in [-0.25, -0.2) is 0 Å². The fourth-order valence-corrected chi connectivity index (χ4v) is 1.65. The molecule has 0 bridgehead atoms. The molecule has 0 aliphatic heterocycles. The Bertz CT molecular complexity index is 407. The van der Waals surface area contributed by atoms with Crippen LogP contribution in [0, 0.1) is 0 Å². The minimum absolute atomic E-state index is 0.0600. The van der Waals surface area contributed by atoms with Crippen molar-refractivity contribution in [3.05, 3.63) is 42.0 Å². The van der Waals surface area contributed by atoms with Crippen molar-refractivity contribution in [2.24, 2.45) is 0 Å². The molecule has 14 heavy (non-hydrogen) atoms. The van der Waals surface area contributed by atoms with Gasteiger partial charge in [0.15, 0.2) is 0 Å². The molecule has 2 rings (SSSR count). The maximum Gasteiger partial charge on any atom is 0.126 e. The molecule has 2 aromatic carbocycles. The lowest BCUT2D eigenvalue weighted by Crippen LogP contribution is -1.89. The molecule has 2 nitrogen and oxygen atoms in total. The Morgan fingerprint density at radius 2 is 1.79 bits per heavy atom. The maximum atomic E-state index is 9.16. The summed E-state index contributed by atoms with van der Waals surface area (Å²) in [5.41, 5.74) is 0.932. The van der Waals surface area contributed by atoms with E-state index in [1.54, 1.807) is 7.11 Å². The molecule has 0 amide bonds. The van der Waals surface area contributed by atoms with Crippen LogP contribution in [0.15, 0.2) is 36.4 Å². The van der Waals surface area contributed by atoms with E-state index < -0.39 is 0 Å². The minimum atomic E-state index is 0.0600. The molecule has 0 radical (unpaired) electrons. The second kappa shape index (κ2) is 3.68. The lowest BCUT2D eigenvalue weighted by atomic mass is 10.0. The number of hydrogen-bond acceptors (Lipinski definition) is 2. The summed E-state index contributed by atoms with van der Waals surface area (Å²) in [7, 11) is 1.65. The largest absolute Gasteiger partial charge is 0.496 e. The Labute approximate surface area is 82.8 Å². The Kier molecular flexibility index (Phi) is 2.37. The van der Waals surface area contributed by atoms with E-state index in [0.717, 1.165) is 22.1 Å². The van der Waals surface area contributed by atoms with Crippen LogP contribution >= 0.6 is 0 Å². The predicted octanol–water partition coefficient (Wildman–Crippen LogP) is 2.34. The van der Waals surface area contributed by atoms with Crippen LogP contribution in [-0.4, -0.2) is 12.2 Å². The summed E-state index contributed by atoms with van der Waals surface area (Å²) in [5.74, 6) is 0.845. The first-order chi connectivity index (χ1) is 6.86. The smallest absolute Gasteiger partial charge is 0.126 e. The number of rotatable bonds is 2. The van der Waals surface area contributed by atoms with E-state index in [2.05, 4.69) is 0 Å².